The number of nitrogens with one attached hydrogen (secondary N) is 1. The monoisotopic (exact) mass is 243 g/mol. The number of hydrogen-bond acceptors (Lipinski definition) is 2. The van der Waals surface area contributed by atoms with Crippen LogP contribution in [0.3, 0.4) is 0 Å². The molecule has 0 aliphatic carbocycles. The Labute approximate surface area is 81.1 Å². The first-order valence-corrected chi connectivity index (χ1v) is 4.24. The van der Waals surface area contributed by atoms with Crippen LogP contribution in [0.4, 0.5) is 10.1 Å². The number of amides is 1. The summed E-state index contributed by atoms with van der Waals surface area (Å²) >= 11 is 2.95. The van der Waals surface area contributed by atoms with Gasteiger partial charge in [0, 0.05) is 0 Å². The Hall–Kier alpha value is -1.23. The van der Waals surface area contributed by atoms with E-state index in [-0.39, 0.29) is 15.7 Å². The van der Waals surface area contributed by atoms with E-state index in [1.54, 1.807) is 0 Å². The minimum absolute atomic E-state index is 0.0376. The van der Waals surface area contributed by atoms with Gasteiger partial charge in [-0.25, -0.2) is 4.39 Å². The van der Waals surface area contributed by atoms with E-state index in [2.05, 4.69) is 21.2 Å². The van der Waals surface area contributed by atoms with E-state index in [1.807, 2.05) is 0 Å². The highest BCUT2D eigenvalue weighted by atomic mass is 79.9. The number of fused-ring (bicyclic) bond motifs is 1. The van der Waals surface area contributed by atoms with Crippen molar-refractivity contribution in [3.8, 4) is 0 Å². The molecule has 5 heteroatoms. The standard InChI is InChI=1S/C8H3BrFNO2/c9-4-2-1-3-6(5(4)10)11-8(13)7(3)12/h1-2H,(H,11,12,13). The Bertz CT molecular complexity index is 430. The first-order valence-electron chi connectivity index (χ1n) is 3.45. The molecule has 0 saturated heterocycles. The summed E-state index contributed by atoms with van der Waals surface area (Å²) in [6.45, 7) is 0. The SMILES string of the molecule is O=C1Nc2c(ccc(Br)c2F)C1=O. The summed E-state index contributed by atoms with van der Waals surface area (Å²) in [7, 11) is 0. The van der Waals surface area contributed by atoms with Crippen LogP contribution in [-0.2, 0) is 4.79 Å². The summed E-state index contributed by atoms with van der Waals surface area (Å²) in [5.74, 6) is -2.09. The number of ketones is 1. The molecule has 1 N–H and O–H groups in total. The lowest BCUT2D eigenvalue weighted by Gasteiger charge is -1.99. The van der Waals surface area contributed by atoms with Crippen molar-refractivity contribution in [3.63, 3.8) is 0 Å². The van der Waals surface area contributed by atoms with E-state index in [9.17, 15) is 14.0 Å². The number of benzene rings is 1. The van der Waals surface area contributed by atoms with Crippen molar-refractivity contribution < 1.29 is 14.0 Å². The summed E-state index contributed by atoms with van der Waals surface area (Å²) in [6, 6.07) is 2.80. The second kappa shape index (κ2) is 2.63. The van der Waals surface area contributed by atoms with Gasteiger partial charge in [-0.1, -0.05) is 0 Å². The summed E-state index contributed by atoms with van der Waals surface area (Å²) in [5, 5.41) is 2.16. The van der Waals surface area contributed by atoms with Gasteiger partial charge in [0.2, 0.25) is 0 Å². The van der Waals surface area contributed by atoms with Crippen LogP contribution in [0.2, 0.25) is 0 Å². The maximum absolute atomic E-state index is 13.2. The molecule has 1 heterocycles. The van der Waals surface area contributed by atoms with Crippen LogP contribution in [0.1, 0.15) is 10.4 Å². The van der Waals surface area contributed by atoms with E-state index >= 15 is 0 Å². The van der Waals surface area contributed by atoms with E-state index in [0.717, 1.165) is 0 Å². The van der Waals surface area contributed by atoms with Gasteiger partial charge in [-0.2, -0.15) is 0 Å². The fourth-order valence-electron chi connectivity index (χ4n) is 1.15. The molecule has 1 aromatic carbocycles. The molecule has 0 radical (unpaired) electrons. The molecule has 1 aliphatic heterocycles. The molecule has 1 amide bonds. The van der Waals surface area contributed by atoms with Crippen molar-refractivity contribution in [1.82, 2.24) is 0 Å². The van der Waals surface area contributed by atoms with Crippen LogP contribution in [0.15, 0.2) is 16.6 Å². The fraction of sp³-hybridized carbons (Fsp3) is 0. The van der Waals surface area contributed by atoms with Crippen molar-refractivity contribution in [2.24, 2.45) is 0 Å². The third-order valence-corrected chi connectivity index (χ3v) is 2.40. The summed E-state index contributed by atoms with van der Waals surface area (Å²) in [5.41, 5.74) is 0.0510. The molecular formula is C8H3BrFNO2. The zero-order valence-corrected chi connectivity index (χ0v) is 7.81. The molecule has 0 unspecified atom stereocenters. The average Bonchev–Trinajstić information content (AvgIpc) is 2.38. The summed E-state index contributed by atoms with van der Waals surface area (Å²) in [4.78, 5) is 21.9. The largest absolute Gasteiger partial charge is 0.316 e. The van der Waals surface area contributed by atoms with E-state index in [1.165, 1.54) is 12.1 Å². The van der Waals surface area contributed by atoms with Gasteiger partial charge in [0.15, 0.2) is 5.82 Å². The maximum atomic E-state index is 13.2. The average molecular weight is 244 g/mol. The lowest BCUT2D eigenvalue weighted by atomic mass is 10.1. The minimum atomic E-state index is -0.785. The fourth-order valence-corrected chi connectivity index (χ4v) is 1.49. The molecule has 0 fully saturated rings. The van der Waals surface area contributed by atoms with E-state index in [0.29, 0.717) is 0 Å². The maximum Gasteiger partial charge on any atom is 0.296 e. The van der Waals surface area contributed by atoms with E-state index < -0.39 is 17.5 Å². The molecule has 2 rings (SSSR count). The Morgan fingerprint density at radius 1 is 1.31 bits per heavy atom. The molecule has 13 heavy (non-hydrogen) atoms. The first kappa shape index (κ1) is 8.37. The van der Waals surface area contributed by atoms with Crippen molar-refractivity contribution in [2.45, 2.75) is 0 Å². The number of anilines is 1. The van der Waals surface area contributed by atoms with Crippen LogP contribution in [0, 0.1) is 5.82 Å². The van der Waals surface area contributed by atoms with Gasteiger partial charge in [-0.05, 0) is 28.1 Å². The second-order valence-electron chi connectivity index (χ2n) is 2.57. The predicted molar refractivity (Wildman–Crippen MR) is 47.1 cm³/mol. The molecule has 0 aromatic heterocycles. The molecule has 3 nitrogen and oxygen atoms in total. The number of carbonyl (C=O) groups excluding carboxylic acids is 2. The van der Waals surface area contributed by atoms with Crippen molar-refractivity contribution in [2.75, 3.05) is 5.32 Å². The molecular weight excluding hydrogens is 241 g/mol. The van der Waals surface area contributed by atoms with Crippen LogP contribution < -0.4 is 5.32 Å². The molecule has 66 valence electrons. The molecule has 0 spiro atoms. The number of hydrogen-bond donors (Lipinski definition) is 1. The van der Waals surface area contributed by atoms with Crippen molar-refractivity contribution in [3.05, 3.63) is 28.0 Å². The van der Waals surface area contributed by atoms with Crippen LogP contribution in [0.25, 0.3) is 0 Å². The summed E-state index contributed by atoms with van der Waals surface area (Å²) in [6.07, 6.45) is 0. The molecule has 0 bridgehead atoms. The zero-order chi connectivity index (χ0) is 9.59. The lowest BCUT2D eigenvalue weighted by molar-refractivity contribution is -0.112. The number of carbonyl (C=O) groups is 2. The van der Waals surface area contributed by atoms with Crippen LogP contribution in [0.5, 0.6) is 0 Å². The van der Waals surface area contributed by atoms with Gasteiger partial charge in [-0.3, -0.25) is 9.59 Å². The molecule has 0 atom stereocenters. The van der Waals surface area contributed by atoms with Crippen LogP contribution in [-0.4, -0.2) is 11.7 Å². The highest BCUT2D eigenvalue weighted by Crippen LogP contribution is 2.30. The third kappa shape index (κ3) is 1.07. The highest BCUT2D eigenvalue weighted by molar-refractivity contribution is 9.10. The van der Waals surface area contributed by atoms with Gasteiger partial charge >= 0.3 is 0 Å². The predicted octanol–water partition coefficient (Wildman–Crippen LogP) is 1.72. The zero-order valence-electron chi connectivity index (χ0n) is 6.23. The third-order valence-electron chi connectivity index (χ3n) is 1.78. The number of Topliss-reactive ketones (excluding diaryl/α,β-unsaturated/α-hetero) is 1. The van der Waals surface area contributed by atoms with Crippen LogP contribution >= 0.6 is 15.9 Å². The Morgan fingerprint density at radius 2 is 2.00 bits per heavy atom. The first-order chi connectivity index (χ1) is 6.11. The van der Waals surface area contributed by atoms with Gasteiger partial charge in [0.25, 0.3) is 11.7 Å². The van der Waals surface area contributed by atoms with Crippen molar-refractivity contribution in [1.29, 1.82) is 0 Å². The molecule has 1 aromatic rings. The lowest BCUT2D eigenvalue weighted by Crippen LogP contribution is -2.12. The highest BCUT2D eigenvalue weighted by Gasteiger charge is 2.30. The van der Waals surface area contributed by atoms with Gasteiger partial charge in [0.05, 0.1) is 15.7 Å². The number of halogens is 2. The Balaban J connectivity index is 2.70. The Morgan fingerprint density at radius 3 is 2.69 bits per heavy atom. The summed E-state index contributed by atoms with van der Waals surface area (Å²) < 4.78 is 13.5. The second-order valence-corrected chi connectivity index (χ2v) is 3.42. The van der Waals surface area contributed by atoms with E-state index in [4.69, 9.17) is 0 Å². The molecule has 0 saturated carbocycles. The van der Waals surface area contributed by atoms with Gasteiger partial charge < -0.3 is 5.32 Å². The normalized spacial score (nSPS) is 14.3. The van der Waals surface area contributed by atoms with Gasteiger partial charge in [0.1, 0.15) is 0 Å². The van der Waals surface area contributed by atoms with Gasteiger partial charge in [-0.15, -0.1) is 0 Å². The van der Waals surface area contributed by atoms with Crippen molar-refractivity contribution >= 4 is 33.3 Å². The quantitative estimate of drug-likeness (QED) is 0.706. The number of rotatable bonds is 0. The molecule has 1 aliphatic rings. The minimum Gasteiger partial charge on any atom is -0.316 e. The Kier molecular flexibility index (Phi) is 1.69. The smallest absolute Gasteiger partial charge is 0.296 e. The topological polar surface area (TPSA) is 46.2 Å².